The highest BCUT2D eigenvalue weighted by Crippen LogP contribution is 2.39. The minimum absolute atomic E-state index is 0. The van der Waals surface area contributed by atoms with E-state index in [9.17, 15) is 18.3 Å². The lowest BCUT2D eigenvalue weighted by Gasteiger charge is -2.36. The number of nitrogens with one attached hydrogen (secondary N) is 1. The van der Waals surface area contributed by atoms with E-state index in [1.807, 2.05) is 4.90 Å². The molecule has 0 saturated carbocycles. The molecule has 132 valence electrons. The van der Waals surface area contributed by atoms with Gasteiger partial charge in [0.15, 0.2) is 0 Å². The molecular weight excluding hydrogens is 341 g/mol. The number of benzene rings is 2. The highest BCUT2D eigenvalue weighted by atomic mass is 35.5. The molecule has 0 amide bonds. The number of nitrogens with zero attached hydrogens (tertiary/aromatic N) is 1. The molecule has 1 aliphatic rings. The average Bonchev–Trinajstić information content (AvgIpc) is 2.54. The van der Waals surface area contributed by atoms with Gasteiger partial charge in [0.2, 0.25) is 0 Å². The Morgan fingerprint density at radius 3 is 2.29 bits per heavy atom. The molecule has 3 nitrogen and oxygen atoms in total. The Morgan fingerprint density at radius 1 is 1.04 bits per heavy atom. The highest BCUT2D eigenvalue weighted by molar-refractivity contribution is 5.91. The van der Waals surface area contributed by atoms with E-state index in [0.717, 1.165) is 0 Å². The number of piperazine rings is 1. The Labute approximate surface area is 144 Å². The van der Waals surface area contributed by atoms with E-state index in [4.69, 9.17) is 0 Å². The summed E-state index contributed by atoms with van der Waals surface area (Å²) in [6, 6.07) is 9.44. The lowest BCUT2D eigenvalue weighted by molar-refractivity contribution is -0.148. The third kappa shape index (κ3) is 4.12. The number of phenolic OH excluding ortho intramolecular Hbond substituents is 1. The van der Waals surface area contributed by atoms with Crippen LogP contribution in [0.3, 0.4) is 0 Å². The first-order valence-corrected chi connectivity index (χ1v) is 7.68. The largest absolute Gasteiger partial charge is 0.507 e. The van der Waals surface area contributed by atoms with Crippen molar-refractivity contribution in [2.75, 3.05) is 26.2 Å². The lowest BCUT2D eigenvalue weighted by atomic mass is 9.94. The van der Waals surface area contributed by atoms with Crippen LogP contribution in [0.1, 0.15) is 18.0 Å². The molecule has 24 heavy (non-hydrogen) atoms. The van der Waals surface area contributed by atoms with Crippen LogP contribution in [0.25, 0.3) is 10.8 Å². The molecule has 2 aromatic rings. The quantitative estimate of drug-likeness (QED) is 0.872. The molecule has 1 fully saturated rings. The van der Waals surface area contributed by atoms with Crippen LogP contribution in [0, 0.1) is 0 Å². The predicted molar refractivity (Wildman–Crippen MR) is 90.7 cm³/mol. The third-order valence-electron chi connectivity index (χ3n) is 4.31. The zero-order valence-electron chi connectivity index (χ0n) is 13.0. The molecule has 1 saturated heterocycles. The van der Waals surface area contributed by atoms with Crippen LogP contribution < -0.4 is 5.32 Å². The Balaban J connectivity index is 0.00000208. The van der Waals surface area contributed by atoms with E-state index in [1.165, 1.54) is 6.07 Å². The average molecular weight is 361 g/mol. The second-order valence-corrected chi connectivity index (χ2v) is 5.84. The molecule has 0 bridgehead atoms. The first kappa shape index (κ1) is 18.8. The van der Waals surface area contributed by atoms with E-state index in [1.54, 1.807) is 30.3 Å². The van der Waals surface area contributed by atoms with Gasteiger partial charge in [0, 0.05) is 37.6 Å². The highest BCUT2D eigenvalue weighted by Gasteiger charge is 2.36. The standard InChI is InChI=1S/C17H19F3N2O.ClH/c18-17(19,20)11-15(22-9-7-21-8-10-22)13-5-6-16(23)14-4-2-1-3-12(13)14;/h1-6,15,21,23H,7-11H2;1H/t15-;/m0./s1. The van der Waals surface area contributed by atoms with Gasteiger partial charge in [0.25, 0.3) is 0 Å². The van der Waals surface area contributed by atoms with Crippen LogP contribution in [0.5, 0.6) is 5.75 Å². The number of aromatic hydroxyl groups is 1. The molecule has 0 unspecified atom stereocenters. The molecule has 0 radical (unpaired) electrons. The van der Waals surface area contributed by atoms with Crippen molar-refractivity contribution in [3.63, 3.8) is 0 Å². The summed E-state index contributed by atoms with van der Waals surface area (Å²) in [7, 11) is 0. The maximum absolute atomic E-state index is 13.1. The Morgan fingerprint density at radius 2 is 1.67 bits per heavy atom. The predicted octanol–water partition coefficient (Wildman–Crippen LogP) is 3.87. The van der Waals surface area contributed by atoms with Crippen molar-refractivity contribution >= 4 is 23.2 Å². The lowest BCUT2D eigenvalue weighted by Crippen LogP contribution is -2.46. The van der Waals surface area contributed by atoms with Crippen LogP contribution >= 0.6 is 12.4 Å². The fourth-order valence-electron chi connectivity index (χ4n) is 3.25. The number of alkyl halides is 3. The second-order valence-electron chi connectivity index (χ2n) is 5.84. The number of phenols is 1. The summed E-state index contributed by atoms with van der Waals surface area (Å²) in [4.78, 5) is 1.88. The smallest absolute Gasteiger partial charge is 0.390 e. The van der Waals surface area contributed by atoms with Gasteiger partial charge in [-0.05, 0) is 17.0 Å². The Kier molecular flexibility index (Phi) is 5.96. The van der Waals surface area contributed by atoms with Gasteiger partial charge in [-0.1, -0.05) is 30.3 Å². The molecule has 0 aliphatic carbocycles. The fourth-order valence-corrected chi connectivity index (χ4v) is 3.25. The van der Waals surface area contributed by atoms with Gasteiger partial charge in [-0.3, -0.25) is 4.90 Å². The summed E-state index contributed by atoms with van der Waals surface area (Å²) in [6.07, 6.45) is -5.13. The summed E-state index contributed by atoms with van der Waals surface area (Å²) < 4.78 is 39.4. The van der Waals surface area contributed by atoms with Gasteiger partial charge in [-0.15, -0.1) is 12.4 Å². The molecule has 1 atom stereocenters. The molecule has 2 N–H and O–H groups in total. The normalized spacial score (nSPS) is 17.5. The SMILES string of the molecule is Cl.Oc1ccc([C@H](CC(F)(F)F)N2CCNCC2)c2ccccc12. The summed E-state index contributed by atoms with van der Waals surface area (Å²) in [5.41, 5.74) is 0.623. The minimum atomic E-state index is -4.24. The summed E-state index contributed by atoms with van der Waals surface area (Å²) in [6.45, 7) is 2.53. The second kappa shape index (κ2) is 7.59. The van der Waals surface area contributed by atoms with Crippen molar-refractivity contribution < 1.29 is 18.3 Å². The zero-order chi connectivity index (χ0) is 16.4. The molecule has 2 aromatic carbocycles. The van der Waals surface area contributed by atoms with Gasteiger partial charge in [0.05, 0.1) is 6.42 Å². The molecular formula is C17H20ClF3N2O. The van der Waals surface area contributed by atoms with Crippen molar-refractivity contribution in [1.29, 1.82) is 0 Å². The van der Waals surface area contributed by atoms with E-state index in [2.05, 4.69) is 5.32 Å². The van der Waals surface area contributed by atoms with Crippen molar-refractivity contribution in [2.24, 2.45) is 0 Å². The molecule has 3 rings (SSSR count). The number of hydrogen-bond acceptors (Lipinski definition) is 3. The Bertz CT molecular complexity index is 687. The summed E-state index contributed by atoms with van der Waals surface area (Å²) in [5, 5.41) is 14.4. The van der Waals surface area contributed by atoms with Gasteiger partial charge < -0.3 is 10.4 Å². The van der Waals surface area contributed by atoms with Crippen LogP contribution in [-0.2, 0) is 0 Å². The fraction of sp³-hybridized carbons (Fsp3) is 0.412. The minimum Gasteiger partial charge on any atom is -0.507 e. The van der Waals surface area contributed by atoms with Crippen LogP contribution in [0.15, 0.2) is 36.4 Å². The summed E-state index contributed by atoms with van der Waals surface area (Å²) >= 11 is 0. The maximum Gasteiger partial charge on any atom is 0.390 e. The molecule has 7 heteroatoms. The van der Waals surface area contributed by atoms with Gasteiger partial charge in [0.1, 0.15) is 5.75 Å². The molecule has 0 spiro atoms. The van der Waals surface area contributed by atoms with E-state index < -0.39 is 18.6 Å². The number of rotatable bonds is 3. The van der Waals surface area contributed by atoms with E-state index in [-0.39, 0.29) is 18.2 Å². The van der Waals surface area contributed by atoms with Gasteiger partial charge in [-0.25, -0.2) is 0 Å². The van der Waals surface area contributed by atoms with Gasteiger partial charge >= 0.3 is 6.18 Å². The van der Waals surface area contributed by atoms with Crippen molar-refractivity contribution in [3.8, 4) is 5.75 Å². The van der Waals surface area contributed by atoms with Crippen LogP contribution in [0.4, 0.5) is 13.2 Å². The van der Waals surface area contributed by atoms with Crippen LogP contribution in [0.2, 0.25) is 0 Å². The van der Waals surface area contributed by atoms with Gasteiger partial charge in [-0.2, -0.15) is 13.2 Å². The van der Waals surface area contributed by atoms with Crippen molar-refractivity contribution in [1.82, 2.24) is 10.2 Å². The monoisotopic (exact) mass is 360 g/mol. The first-order valence-electron chi connectivity index (χ1n) is 7.68. The summed E-state index contributed by atoms with van der Waals surface area (Å²) in [5.74, 6) is 0.0930. The van der Waals surface area contributed by atoms with Crippen molar-refractivity contribution in [3.05, 3.63) is 42.0 Å². The topological polar surface area (TPSA) is 35.5 Å². The first-order chi connectivity index (χ1) is 11.0. The molecule has 1 aliphatic heterocycles. The Hall–Kier alpha value is -1.50. The zero-order valence-corrected chi connectivity index (χ0v) is 13.8. The molecule has 1 heterocycles. The maximum atomic E-state index is 13.1. The third-order valence-corrected chi connectivity index (χ3v) is 4.31. The van der Waals surface area contributed by atoms with E-state index in [0.29, 0.717) is 42.5 Å². The number of halogens is 4. The molecule has 0 aromatic heterocycles. The van der Waals surface area contributed by atoms with Crippen LogP contribution in [-0.4, -0.2) is 42.4 Å². The number of hydrogen-bond donors (Lipinski definition) is 2. The number of fused-ring (bicyclic) bond motifs is 1. The van der Waals surface area contributed by atoms with E-state index >= 15 is 0 Å². The van der Waals surface area contributed by atoms with Crippen molar-refractivity contribution in [2.45, 2.75) is 18.6 Å².